The highest BCUT2D eigenvalue weighted by atomic mass is 32.2. The molecule has 4 nitrogen and oxygen atoms in total. The molecule has 5 heteroatoms. The van der Waals surface area contributed by atoms with Gasteiger partial charge in [-0.1, -0.05) is 0 Å². The van der Waals surface area contributed by atoms with Crippen LogP contribution in [0, 0.1) is 0 Å². The zero-order valence-corrected chi connectivity index (χ0v) is 12.9. The van der Waals surface area contributed by atoms with E-state index in [2.05, 4.69) is 24.1 Å². The van der Waals surface area contributed by atoms with Crippen molar-refractivity contribution in [2.45, 2.75) is 38.5 Å². The number of thioether (sulfide) groups is 1. The van der Waals surface area contributed by atoms with E-state index in [-0.39, 0.29) is 6.10 Å². The smallest absolute Gasteiger partial charge is 0.0833 e. The fraction of sp³-hybridized carbons (Fsp3) is 1.00. The van der Waals surface area contributed by atoms with Gasteiger partial charge in [0, 0.05) is 38.0 Å². The summed E-state index contributed by atoms with van der Waals surface area (Å²) < 4.78 is 5.74. The number of hydrogen-bond acceptors (Lipinski definition) is 5. The quantitative estimate of drug-likeness (QED) is 0.720. The van der Waals surface area contributed by atoms with Gasteiger partial charge in [0.15, 0.2) is 0 Å². The molecule has 1 aliphatic rings. The van der Waals surface area contributed by atoms with E-state index in [0.717, 1.165) is 32.0 Å². The van der Waals surface area contributed by atoms with E-state index in [4.69, 9.17) is 4.74 Å². The van der Waals surface area contributed by atoms with Crippen molar-refractivity contribution in [3.63, 3.8) is 0 Å². The molecule has 0 spiro atoms. The number of nitrogens with one attached hydrogen (secondary N) is 1. The molecule has 2 N–H and O–H groups in total. The predicted molar refractivity (Wildman–Crippen MR) is 78.3 cm³/mol. The molecular weight excluding hydrogens is 248 g/mol. The maximum atomic E-state index is 10.0. The van der Waals surface area contributed by atoms with Crippen LogP contribution in [-0.2, 0) is 4.74 Å². The van der Waals surface area contributed by atoms with Gasteiger partial charge in [-0.15, -0.1) is 0 Å². The second kappa shape index (κ2) is 7.70. The number of morpholine rings is 1. The van der Waals surface area contributed by atoms with Crippen LogP contribution in [0.2, 0.25) is 0 Å². The Morgan fingerprint density at radius 2 is 2.28 bits per heavy atom. The molecule has 0 aromatic rings. The van der Waals surface area contributed by atoms with Crippen LogP contribution in [0.4, 0.5) is 0 Å². The molecule has 108 valence electrons. The Morgan fingerprint density at radius 1 is 1.56 bits per heavy atom. The lowest BCUT2D eigenvalue weighted by molar-refractivity contribution is -0.0390. The van der Waals surface area contributed by atoms with E-state index in [1.54, 1.807) is 11.8 Å². The minimum atomic E-state index is -0.633. The Kier molecular flexibility index (Phi) is 6.95. The molecule has 1 rings (SSSR count). The number of rotatable bonds is 7. The highest BCUT2D eigenvalue weighted by molar-refractivity contribution is 7.98. The predicted octanol–water partition coefficient (Wildman–Crippen LogP) is 0.799. The standard InChI is InChI=1S/C13H28N2O2S/c1-11(2)15-5-6-17-12(8-15)7-14-9-13(3,16)10-18-4/h11-12,14,16H,5-10H2,1-4H3. The zero-order valence-electron chi connectivity index (χ0n) is 12.1. The lowest BCUT2D eigenvalue weighted by atomic mass is 10.1. The van der Waals surface area contributed by atoms with Gasteiger partial charge in [0.05, 0.1) is 18.3 Å². The molecule has 18 heavy (non-hydrogen) atoms. The SMILES string of the molecule is CSCC(C)(O)CNCC1CN(C(C)C)CCO1. The fourth-order valence-corrected chi connectivity index (χ4v) is 2.92. The second-order valence-electron chi connectivity index (χ2n) is 5.64. The summed E-state index contributed by atoms with van der Waals surface area (Å²) in [7, 11) is 0. The third-order valence-electron chi connectivity index (χ3n) is 3.23. The third-order valence-corrected chi connectivity index (χ3v) is 4.14. The normalized spacial score (nSPS) is 25.3. The first-order valence-corrected chi connectivity index (χ1v) is 8.11. The summed E-state index contributed by atoms with van der Waals surface area (Å²) in [4.78, 5) is 2.44. The third kappa shape index (κ3) is 5.89. The highest BCUT2D eigenvalue weighted by Crippen LogP contribution is 2.10. The van der Waals surface area contributed by atoms with Crippen LogP contribution in [-0.4, -0.2) is 72.5 Å². The Bertz CT molecular complexity index is 237. The molecule has 0 aromatic carbocycles. The molecule has 1 saturated heterocycles. The first-order chi connectivity index (χ1) is 8.44. The van der Waals surface area contributed by atoms with E-state index >= 15 is 0 Å². The summed E-state index contributed by atoms with van der Waals surface area (Å²) in [5.74, 6) is 0.754. The van der Waals surface area contributed by atoms with Gasteiger partial charge in [0.25, 0.3) is 0 Å². The molecule has 1 heterocycles. The number of aliphatic hydroxyl groups is 1. The van der Waals surface area contributed by atoms with Gasteiger partial charge in [0.1, 0.15) is 0 Å². The van der Waals surface area contributed by atoms with Crippen molar-refractivity contribution in [2.75, 3.05) is 44.8 Å². The zero-order chi connectivity index (χ0) is 13.6. The van der Waals surface area contributed by atoms with Crippen molar-refractivity contribution < 1.29 is 9.84 Å². The summed E-state index contributed by atoms with van der Waals surface area (Å²) >= 11 is 1.67. The van der Waals surface area contributed by atoms with Crippen LogP contribution in [0.3, 0.4) is 0 Å². The molecule has 0 aliphatic carbocycles. The van der Waals surface area contributed by atoms with Gasteiger partial charge < -0.3 is 15.2 Å². The van der Waals surface area contributed by atoms with E-state index in [1.165, 1.54) is 0 Å². The maximum absolute atomic E-state index is 10.0. The summed E-state index contributed by atoms with van der Waals surface area (Å²) in [6, 6.07) is 0.580. The summed E-state index contributed by atoms with van der Waals surface area (Å²) in [6.45, 7) is 10.6. The van der Waals surface area contributed by atoms with Crippen molar-refractivity contribution in [2.24, 2.45) is 0 Å². The van der Waals surface area contributed by atoms with Crippen LogP contribution in [0.5, 0.6) is 0 Å². The molecule has 0 radical (unpaired) electrons. The van der Waals surface area contributed by atoms with Crippen molar-refractivity contribution in [3.8, 4) is 0 Å². The van der Waals surface area contributed by atoms with Crippen LogP contribution >= 0.6 is 11.8 Å². The summed E-state index contributed by atoms with van der Waals surface area (Å²) in [6.07, 6.45) is 2.26. The molecule has 2 unspecified atom stereocenters. The van der Waals surface area contributed by atoms with Gasteiger partial charge in [-0.3, -0.25) is 4.90 Å². The Labute approximate surface area is 115 Å². The molecular formula is C13H28N2O2S. The Morgan fingerprint density at radius 3 is 2.89 bits per heavy atom. The maximum Gasteiger partial charge on any atom is 0.0833 e. The molecule has 2 atom stereocenters. The van der Waals surface area contributed by atoms with Crippen LogP contribution in [0.15, 0.2) is 0 Å². The molecule has 0 saturated carbocycles. The molecule has 1 fully saturated rings. The molecule has 0 bridgehead atoms. The minimum Gasteiger partial charge on any atom is -0.388 e. The van der Waals surface area contributed by atoms with E-state index in [9.17, 15) is 5.11 Å². The van der Waals surface area contributed by atoms with Crippen LogP contribution < -0.4 is 5.32 Å². The topological polar surface area (TPSA) is 44.7 Å². The summed E-state index contributed by atoms with van der Waals surface area (Å²) in [5.41, 5.74) is -0.633. The van der Waals surface area contributed by atoms with E-state index in [1.807, 2.05) is 13.2 Å². The monoisotopic (exact) mass is 276 g/mol. The molecule has 1 aliphatic heterocycles. The number of nitrogens with zero attached hydrogens (tertiary/aromatic N) is 1. The van der Waals surface area contributed by atoms with Crippen molar-refractivity contribution in [3.05, 3.63) is 0 Å². The van der Waals surface area contributed by atoms with Crippen molar-refractivity contribution >= 4 is 11.8 Å². The highest BCUT2D eigenvalue weighted by Gasteiger charge is 2.24. The Hall–Kier alpha value is 0.190. The lowest BCUT2D eigenvalue weighted by Gasteiger charge is -2.36. The van der Waals surface area contributed by atoms with Gasteiger partial charge in [-0.05, 0) is 27.0 Å². The number of ether oxygens (including phenoxy) is 1. The first kappa shape index (κ1) is 16.2. The van der Waals surface area contributed by atoms with Crippen molar-refractivity contribution in [1.29, 1.82) is 0 Å². The Balaban J connectivity index is 2.23. The lowest BCUT2D eigenvalue weighted by Crippen LogP contribution is -2.50. The average Bonchev–Trinajstić information content (AvgIpc) is 2.29. The largest absolute Gasteiger partial charge is 0.388 e. The second-order valence-corrected chi connectivity index (χ2v) is 6.51. The van der Waals surface area contributed by atoms with Gasteiger partial charge in [-0.2, -0.15) is 11.8 Å². The first-order valence-electron chi connectivity index (χ1n) is 6.72. The van der Waals surface area contributed by atoms with Gasteiger partial charge >= 0.3 is 0 Å². The molecule has 0 amide bonds. The fourth-order valence-electron chi connectivity index (χ4n) is 2.20. The van der Waals surface area contributed by atoms with Gasteiger partial charge in [0.2, 0.25) is 0 Å². The summed E-state index contributed by atoms with van der Waals surface area (Å²) in [5, 5.41) is 13.4. The number of hydrogen-bond donors (Lipinski definition) is 2. The molecule has 0 aromatic heterocycles. The average molecular weight is 276 g/mol. The van der Waals surface area contributed by atoms with E-state index < -0.39 is 5.60 Å². The van der Waals surface area contributed by atoms with Crippen LogP contribution in [0.1, 0.15) is 20.8 Å². The van der Waals surface area contributed by atoms with Crippen molar-refractivity contribution in [1.82, 2.24) is 10.2 Å². The van der Waals surface area contributed by atoms with Gasteiger partial charge in [-0.25, -0.2) is 0 Å². The minimum absolute atomic E-state index is 0.242. The van der Waals surface area contributed by atoms with Crippen LogP contribution in [0.25, 0.3) is 0 Å². The van der Waals surface area contributed by atoms with E-state index in [0.29, 0.717) is 12.6 Å².